The topological polar surface area (TPSA) is 43.6 Å². The highest BCUT2D eigenvalue weighted by Crippen LogP contribution is 2.63. The number of aryl methyl sites for hydroxylation is 1. The highest BCUT2D eigenvalue weighted by Gasteiger charge is 2.52. The first-order chi connectivity index (χ1) is 28.2. The predicted octanol–water partition coefficient (Wildman–Crippen LogP) is 12.7. The Bertz CT molecular complexity index is 3190. The molecule has 0 fully saturated rings. The van der Waals surface area contributed by atoms with Crippen LogP contribution in [-0.4, -0.2) is 19.5 Å². The van der Waals surface area contributed by atoms with Gasteiger partial charge in [0.2, 0.25) is 0 Å². The van der Waals surface area contributed by atoms with E-state index in [0.717, 1.165) is 41.1 Å². The summed E-state index contributed by atoms with van der Waals surface area (Å²) in [7, 11) is 0. The van der Waals surface area contributed by atoms with E-state index in [9.17, 15) is 0 Å². The van der Waals surface area contributed by atoms with Gasteiger partial charge in [-0.05, 0) is 112 Å². The van der Waals surface area contributed by atoms with Crippen molar-refractivity contribution in [3.05, 3.63) is 210 Å². The Kier molecular flexibility index (Phi) is 6.85. The van der Waals surface area contributed by atoms with E-state index < -0.39 is 5.41 Å². The second-order valence-electron chi connectivity index (χ2n) is 15.5. The first-order valence-corrected chi connectivity index (χ1v) is 19.8. The molecule has 9 aromatic rings. The van der Waals surface area contributed by atoms with Gasteiger partial charge >= 0.3 is 0 Å². The molecule has 0 bridgehead atoms. The van der Waals surface area contributed by atoms with Crippen LogP contribution in [0.15, 0.2) is 176 Å². The van der Waals surface area contributed by atoms with Gasteiger partial charge in [0.05, 0.1) is 16.4 Å². The van der Waals surface area contributed by atoms with E-state index in [-0.39, 0.29) is 0 Å². The van der Waals surface area contributed by atoms with Gasteiger partial charge in [-0.1, -0.05) is 139 Å². The summed E-state index contributed by atoms with van der Waals surface area (Å²) in [4.78, 5) is 15.5. The molecule has 0 saturated heterocycles. The summed E-state index contributed by atoms with van der Waals surface area (Å²) >= 11 is 0. The largest absolute Gasteiger partial charge is 0.309 e. The number of hydrogen-bond acceptors (Lipinski definition) is 3. The van der Waals surface area contributed by atoms with Crippen LogP contribution in [0.5, 0.6) is 0 Å². The maximum atomic E-state index is 5.22. The van der Waals surface area contributed by atoms with E-state index in [1.54, 1.807) is 0 Å². The summed E-state index contributed by atoms with van der Waals surface area (Å²) in [5.41, 5.74) is 17.6. The minimum absolute atomic E-state index is 0.551. The summed E-state index contributed by atoms with van der Waals surface area (Å²) < 4.78 is 2.45. The molecule has 0 aliphatic heterocycles. The quantitative estimate of drug-likeness (QED) is 0.181. The molecule has 4 heteroatoms. The van der Waals surface area contributed by atoms with Gasteiger partial charge in [-0.15, -0.1) is 0 Å². The van der Waals surface area contributed by atoms with Crippen molar-refractivity contribution >= 4 is 27.4 Å². The molecule has 12 rings (SSSR count). The van der Waals surface area contributed by atoms with Crippen molar-refractivity contribution in [3.8, 4) is 50.7 Å². The van der Waals surface area contributed by atoms with Crippen LogP contribution in [0, 0.1) is 6.92 Å². The normalized spacial score (nSPS) is 16.1. The number of benzene rings is 7. The Hall–Kier alpha value is -7.17. The number of allylic oxidation sites excluding steroid dienone is 4. The lowest BCUT2D eigenvalue weighted by molar-refractivity contribution is 0.794. The molecule has 1 atom stereocenters. The summed E-state index contributed by atoms with van der Waals surface area (Å²) in [5.74, 6) is 2.11. The number of rotatable bonds is 4. The van der Waals surface area contributed by atoms with E-state index in [0.29, 0.717) is 11.6 Å². The van der Waals surface area contributed by atoms with Crippen LogP contribution < -0.4 is 0 Å². The van der Waals surface area contributed by atoms with E-state index in [4.69, 9.17) is 15.0 Å². The average molecular weight is 729 g/mol. The number of fused-ring (bicyclic) bond motifs is 13. The van der Waals surface area contributed by atoms with E-state index in [1.807, 2.05) is 18.2 Å². The molecule has 268 valence electrons. The Morgan fingerprint density at radius 3 is 1.88 bits per heavy atom. The lowest BCUT2D eigenvalue weighted by atomic mass is 9.70. The molecule has 2 heterocycles. The van der Waals surface area contributed by atoms with Gasteiger partial charge in [-0.3, -0.25) is 0 Å². The van der Waals surface area contributed by atoms with E-state index in [2.05, 4.69) is 169 Å². The second kappa shape index (κ2) is 12.2. The highest BCUT2D eigenvalue weighted by molar-refractivity contribution is 6.12. The molecule has 2 aromatic heterocycles. The highest BCUT2D eigenvalue weighted by atomic mass is 15.0. The first kappa shape index (κ1) is 32.1. The molecule has 1 spiro atoms. The molecule has 0 amide bonds. The Morgan fingerprint density at radius 1 is 0.491 bits per heavy atom. The lowest BCUT2D eigenvalue weighted by Crippen LogP contribution is -2.26. The van der Waals surface area contributed by atoms with Crippen molar-refractivity contribution in [1.29, 1.82) is 0 Å². The van der Waals surface area contributed by atoms with Crippen molar-refractivity contribution in [2.24, 2.45) is 0 Å². The fourth-order valence-corrected chi connectivity index (χ4v) is 9.91. The van der Waals surface area contributed by atoms with Gasteiger partial charge in [0.15, 0.2) is 17.5 Å². The van der Waals surface area contributed by atoms with Gasteiger partial charge in [0, 0.05) is 27.6 Å². The monoisotopic (exact) mass is 728 g/mol. The van der Waals surface area contributed by atoms with Crippen LogP contribution in [-0.2, 0) is 5.41 Å². The molecule has 57 heavy (non-hydrogen) atoms. The molecule has 4 nitrogen and oxygen atoms in total. The van der Waals surface area contributed by atoms with Gasteiger partial charge in [-0.2, -0.15) is 0 Å². The Labute approximate surface area is 331 Å². The predicted molar refractivity (Wildman–Crippen MR) is 232 cm³/mol. The Morgan fingerprint density at radius 2 is 1.12 bits per heavy atom. The standard InChI is InChI=1S/C53H36N4/c1-33-25-28-48-42(29-33)43-31-41-39-22-12-14-24-45(39)53(47(41)32-49(43)57(48)37-19-9-4-10-20-37)44-23-13-11-21-38(44)40-27-26-36(30-46(40)53)52-55-50(34-15-5-2-6-16-34)54-51(56-52)35-17-7-3-8-18-35/h2-7,9-17,19-32H,8,18H2,1H3. The van der Waals surface area contributed by atoms with Crippen LogP contribution in [0.4, 0.5) is 0 Å². The molecule has 0 radical (unpaired) electrons. The van der Waals surface area contributed by atoms with Crippen LogP contribution >= 0.6 is 0 Å². The third-order valence-electron chi connectivity index (χ3n) is 12.4. The van der Waals surface area contributed by atoms with Gasteiger partial charge in [0.25, 0.3) is 0 Å². The molecule has 0 saturated carbocycles. The fourth-order valence-electron chi connectivity index (χ4n) is 9.91. The average Bonchev–Trinajstić information content (AvgIpc) is 3.87. The minimum Gasteiger partial charge on any atom is -0.309 e. The van der Waals surface area contributed by atoms with Crippen LogP contribution in [0.1, 0.15) is 46.5 Å². The maximum Gasteiger partial charge on any atom is 0.164 e. The zero-order valence-electron chi connectivity index (χ0n) is 31.4. The molecular weight excluding hydrogens is 693 g/mol. The molecular formula is C53H36N4. The number of hydrogen-bond donors (Lipinski definition) is 0. The number of para-hydroxylation sites is 1. The van der Waals surface area contributed by atoms with Crippen LogP contribution in [0.3, 0.4) is 0 Å². The van der Waals surface area contributed by atoms with E-state index in [1.165, 1.54) is 71.9 Å². The van der Waals surface area contributed by atoms with Crippen molar-refractivity contribution in [3.63, 3.8) is 0 Å². The summed E-state index contributed by atoms with van der Waals surface area (Å²) in [6.45, 7) is 2.19. The zero-order chi connectivity index (χ0) is 37.7. The van der Waals surface area contributed by atoms with Gasteiger partial charge in [0.1, 0.15) is 0 Å². The van der Waals surface area contributed by atoms with Crippen LogP contribution in [0.2, 0.25) is 0 Å². The summed E-state index contributed by atoms with van der Waals surface area (Å²) in [6.07, 6.45) is 8.34. The van der Waals surface area contributed by atoms with Crippen molar-refractivity contribution in [1.82, 2.24) is 19.5 Å². The SMILES string of the molecule is Cc1ccc2c(c1)c1cc3c(cc1n2-c1ccccc1)C1(c2ccccc2-c2ccc(-c4nc(C5=CC=CCC5)nc(-c5ccccc5)n4)cc21)c1ccccc1-3. The summed E-state index contributed by atoms with van der Waals surface area (Å²) in [6, 6.07) is 57.9. The van der Waals surface area contributed by atoms with Gasteiger partial charge < -0.3 is 4.57 Å². The molecule has 0 N–H and O–H groups in total. The maximum absolute atomic E-state index is 5.22. The third-order valence-corrected chi connectivity index (χ3v) is 12.4. The fraction of sp³-hybridized carbons (Fsp3) is 0.0755. The smallest absolute Gasteiger partial charge is 0.164 e. The zero-order valence-corrected chi connectivity index (χ0v) is 31.4. The molecule has 3 aliphatic rings. The number of nitrogens with zero attached hydrogens (tertiary/aromatic N) is 4. The molecule has 1 unspecified atom stereocenters. The minimum atomic E-state index is -0.551. The third kappa shape index (κ3) is 4.58. The summed E-state index contributed by atoms with van der Waals surface area (Å²) in [5, 5.41) is 2.54. The number of aromatic nitrogens is 4. The Balaban J connectivity index is 1.16. The van der Waals surface area contributed by atoms with Crippen LogP contribution in [0.25, 0.3) is 78.1 Å². The van der Waals surface area contributed by atoms with Gasteiger partial charge in [-0.25, -0.2) is 15.0 Å². The second-order valence-corrected chi connectivity index (χ2v) is 15.5. The molecule has 7 aromatic carbocycles. The molecule has 3 aliphatic carbocycles. The lowest BCUT2D eigenvalue weighted by Gasteiger charge is -2.31. The van der Waals surface area contributed by atoms with Crippen molar-refractivity contribution in [2.45, 2.75) is 25.2 Å². The van der Waals surface area contributed by atoms with E-state index >= 15 is 0 Å². The van der Waals surface area contributed by atoms with Crippen molar-refractivity contribution in [2.75, 3.05) is 0 Å². The first-order valence-electron chi connectivity index (χ1n) is 19.8. The van der Waals surface area contributed by atoms with Crippen molar-refractivity contribution < 1.29 is 0 Å².